The molecule has 1 N–H and O–H groups in total. The maximum absolute atomic E-state index is 5.57. The number of furan rings is 1. The quantitative estimate of drug-likeness (QED) is 0.430. The molecule has 1 saturated carbocycles. The highest BCUT2D eigenvalue weighted by atomic mass is 127. The first-order valence-electron chi connectivity index (χ1n) is 9.04. The third kappa shape index (κ3) is 4.65. The Bertz CT molecular complexity index is 524. The maximum Gasteiger partial charge on any atom is 0.194 e. The third-order valence-electron chi connectivity index (χ3n) is 5.27. The SMILES string of the molecule is I.c1coc(CCN=C(NC2CC2)N2CCC(C3CCOC3)C2)c1. The fourth-order valence-electron chi connectivity index (χ4n) is 3.66. The van der Waals surface area contributed by atoms with Crippen molar-refractivity contribution in [2.75, 3.05) is 32.8 Å². The molecule has 0 radical (unpaired) electrons. The lowest BCUT2D eigenvalue weighted by atomic mass is 9.91. The van der Waals surface area contributed by atoms with E-state index in [4.69, 9.17) is 14.1 Å². The molecule has 2 atom stereocenters. The summed E-state index contributed by atoms with van der Waals surface area (Å²) in [5, 5.41) is 3.64. The Morgan fingerprint density at radius 2 is 2.17 bits per heavy atom. The van der Waals surface area contributed by atoms with Crippen LogP contribution < -0.4 is 5.32 Å². The molecule has 2 saturated heterocycles. The second kappa shape index (κ2) is 8.56. The van der Waals surface area contributed by atoms with Gasteiger partial charge in [0.15, 0.2) is 5.96 Å². The first-order chi connectivity index (χ1) is 11.4. The number of likely N-dealkylation sites (tertiary alicyclic amines) is 1. The molecule has 6 heteroatoms. The second-order valence-electron chi connectivity index (χ2n) is 7.07. The number of rotatable bonds is 5. The maximum atomic E-state index is 5.57. The van der Waals surface area contributed by atoms with Crippen LogP contribution in [0.4, 0.5) is 0 Å². The summed E-state index contributed by atoms with van der Waals surface area (Å²) in [5.41, 5.74) is 0. The third-order valence-corrected chi connectivity index (χ3v) is 5.27. The van der Waals surface area contributed by atoms with Crippen molar-refractivity contribution >= 4 is 29.9 Å². The molecular formula is C18H28IN3O2. The molecule has 3 heterocycles. The van der Waals surface area contributed by atoms with Gasteiger partial charge in [-0.15, -0.1) is 24.0 Å². The van der Waals surface area contributed by atoms with Gasteiger partial charge in [0.2, 0.25) is 0 Å². The van der Waals surface area contributed by atoms with E-state index in [0.29, 0.717) is 6.04 Å². The summed E-state index contributed by atoms with van der Waals surface area (Å²) >= 11 is 0. The highest BCUT2D eigenvalue weighted by Crippen LogP contribution is 2.30. The van der Waals surface area contributed by atoms with Crippen LogP contribution in [-0.2, 0) is 11.2 Å². The van der Waals surface area contributed by atoms with Crippen LogP contribution in [0.3, 0.4) is 0 Å². The Morgan fingerprint density at radius 3 is 2.88 bits per heavy atom. The Balaban J connectivity index is 0.00000169. The lowest BCUT2D eigenvalue weighted by molar-refractivity contribution is 0.173. The van der Waals surface area contributed by atoms with Crippen molar-refractivity contribution < 1.29 is 9.15 Å². The van der Waals surface area contributed by atoms with Crippen molar-refractivity contribution in [3.8, 4) is 0 Å². The van der Waals surface area contributed by atoms with Gasteiger partial charge >= 0.3 is 0 Å². The molecular weight excluding hydrogens is 417 g/mol. The van der Waals surface area contributed by atoms with Crippen molar-refractivity contribution in [2.24, 2.45) is 16.8 Å². The Morgan fingerprint density at radius 1 is 1.25 bits per heavy atom. The van der Waals surface area contributed by atoms with Gasteiger partial charge in [-0.1, -0.05) is 0 Å². The van der Waals surface area contributed by atoms with E-state index < -0.39 is 0 Å². The molecule has 1 aromatic heterocycles. The van der Waals surface area contributed by atoms with Gasteiger partial charge in [0.05, 0.1) is 6.26 Å². The Labute approximate surface area is 161 Å². The van der Waals surface area contributed by atoms with Crippen LogP contribution in [0.25, 0.3) is 0 Å². The molecule has 0 spiro atoms. The molecule has 5 nitrogen and oxygen atoms in total. The monoisotopic (exact) mass is 445 g/mol. The van der Waals surface area contributed by atoms with Gasteiger partial charge in [0.25, 0.3) is 0 Å². The largest absolute Gasteiger partial charge is 0.469 e. The first kappa shape index (κ1) is 18.0. The van der Waals surface area contributed by atoms with Gasteiger partial charge in [0, 0.05) is 45.3 Å². The van der Waals surface area contributed by atoms with Crippen LogP contribution in [0.2, 0.25) is 0 Å². The predicted octanol–water partition coefficient (Wildman–Crippen LogP) is 2.91. The predicted molar refractivity (Wildman–Crippen MR) is 105 cm³/mol. The van der Waals surface area contributed by atoms with Crippen LogP contribution in [0, 0.1) is 11.8 Å². The molecule has 0 amide bonds. The summed E-state index contributed by atoms with van der Waals surface area (Å²) in [6, 6.07) is 4.61. The second-order valence-corrected chi connectivity index (χ2v) is 7.07. The van der Waals surface area contributed by atoms with E-state index in [1.807, 2.05) is 12.1 Å². The average Bonchev–Trinajstić information content (AvgIpc) is 3.06. The molecule has 1 aliphatic carbocycles. The van der Waals surface area contributed by atoms with Crippen molar-refractivity contribution in [2.45, 2.75) is 38.1 Å². The number of nitrogens with one attached hydrogen (secondary N) is 1. The number of halogens is 1. The molecule has 4 rings (SSSR count). The van der Waals surface area contributed by atoms with Gasteiger partial charge in [-0.3, -0.25) is 4.99 Å². The lowest BCUT2D eigenvalue weighted by Gasteiger charge is -2.23. The van der Waals surface area contributed by atoms with E-state index in [2.05, 4.69) is 10.2 Å². The van der Waals surface area contributed by atoms with Gasteiger partial charge in [-0.05, 0) is 49.7 Å². The molecule has 24 heavy (non-hydrogen) atoms. The zero-order valence-electron chi connectivity index (χ0n) is 14.2. The van der Waals surface area contributed by atoms with E-state index in [1.165, 1.54) is 25.7 Å². The summed E-state index contributed by atoms with van der Waals surface area (Å²) < 4.78 is 11.0. The van der Waals surface area contributed by atoms with Crippen molar-refractivity contribution in [1.82, 2.24) is 10.2 Å². The van der Waals surface area contributed by atoms with Crippen LogP contribution >= 0.6 is 24.0 Å². The minimum Gasteiger partial charge on any atom is -0.469 e. The summed E-state index contributed by atoms with van der Waals surface area (Å²) in [7, 11) is 0. The van der Waals surface area contributed by atoms with Gasteiger partial charge < -0.3 is 19.4 Å². The molecule has 0 aromatic carbocycles. The standard InChI is InChI=1S/C18H27N3O2.HI/c1-2-17(23-10-1)5-8-19-18(20-16-3-4-16)21-9-6-14(12-21)15-7-11-22-13-15;/h1-2,10,14-16H,3-9,11-13H2,(H,19,20);1H. The summed E-state index contributed by atoms with van der Waals surface area (Å²) in [6.07, 6.45) is 7.68. The molecule has 2 aliphatic heterocycles. The smallest absolute Gasteiger partial charge is 0.194 e. The number of guanidine groups is 1. The topological polar surface area (TPSA) is 50.0 Å². The van der Waals surface area contributed by atoms with Crippen LogP contribution in [0.1, 0.15) is 31.4 Å². The van der Waals surface area contributed by atoms with E-state index in [9.17, 15) is 0 Å². The molecule has 3 aliphatic rings. The molecule has 2 unspecified atom stereocenters. The summed E-state index contributed by atoms with van der Waals surface area (Å²) in [4.78, 5) is 7.32. The van der Waals surface area contributed by atoms with E-state index in [0.717, 1.165) is 62.8 Å². The Hall–Kier alpha value is -0.760. The van der Waals surface area contributed by atoms with Crippen LogP contribution in [0.5, 0.6) is 0 Å². The molecule has 0 bridgehead atoms. The van der Waals surface area contributed by atoms with E-state index >= 15 is 0 Å². The van der Waals surface area contributed by atoms with Crippen molar-refractivity contribution in [3.05, 3.63) is 24.2 Å². The number of hydrogen-bond donors (Lipinski definition) is 1. The lowest BCUT2D eigenvalue weighted by Crippen LogP contribution is -2.41. The fourth-order valence-corrected chi connectivity index (χ4v) is 3.66. The van der Waals surface area contributed by atoms with Crippen LogP contribution in [-0.4, -0.2) is 49.7 Å². The van der Waals surface area contributed by atoms with Gasteiger partial charge in [-0.2, -0.15) is 0 Å². The first-order valence-corrected chi connectivity index (χ1v) is 9.04. The molecule has 1 aromatic rings. The number of ether oxygens (including phenoxy) is 1. The van der Waals surface area contributed by atoms with Gasteiger partial charge in [-0.25, -0.2) is 0 Å². The molecule has 3 fully saturated rings. The van der Waals surface area contributed by atoms with E-state index in [-0.39, 0.29) is 24.0 Å². The summed E-state index contributed by atoms with van der Waals surface area (Å²) in [5.74, 6) is 3.65. The zero-order chi connectivity index (χ0) is 15.5. The zero-order valence-corrected chi connectivity index (χ0v) is 16.5. The Kier molecular flexibility index (Phi) is 6.43. The normalized spacial score (nSPS) is 27.3. The summed E-state index contributed by atoms with van der Waals surface area (Å²) in [6.45, 7) is 4.95. The van der Waals surface area contributed by atoms with E-state index in [1.54, 1.807) is 6.26 Å². The average molecular weight is 445 g/mol. The highest BCUT2D eigenvalue weighted by molar-refractivity contribution is 14.0. The van der Waals surface area contributed by atoms with Crippen molar-refractivity contribution in [3.63, 3.8) is 0 Å². The highest BCUT2D eigenvalue weighted by Gasteiger charge is 2.34. The van der Waals surface area contributed by atoms with Crippen LogP contribution in [0.15, 0.2) is 27.8 Å². The van der Waals surface area contributed by atoms with Crippen molar-refractivity contribution in [1.29, 1.82) is 0 Å². The minimum absolute atomic E-state index is 0. The minimum atomic E-state index is 0. The number of hydrogen-bond acceptors (Lipinski definition) is 3. The number of nitrogens with zero attached hydrogens (tertiary/aromatic N) is 2. The fraction of sp³-hybridized carbons (Fsp3) is 0.722. The molecule has 134 valence electrons. The number of aliphatic imine (C=N–C) groups is 1. The van der Waals surface area contributed by atoms with Gasteiger partial charge in [0.1, 0.15) is 5.76 Å².